The zero-order valence-electron chi connectivity index (χ0n) is 12.1. The third kappa shape index (κ3) is 3.33. The van der Waals surface area contributed by atoms with E-state index < -0.39 is 23.6 Å². The highest BCUT2D eigenvalue weighted by atomic mass is 16.7. The van der Waals surface area contributed by atoms with Crippen molar-refractivity contribution < 1.29 is 23.9 Å². The van der Waals surface area contributed by atoms with Crippen LogP contribution in [0.15, 0.2) is 0 Å². The molecule has 2 fully saturated rings. The molecule has 0 aromatic carbocycles. The summed E-state index contributed by atoms with van der Waals surface area (Å²) < 4.78 is 11.0. The topological polar surface area (TPSA) is 69.7 Å². The lowest BCUT2D eigenvalue weighted by Crippen LogP contribution is -2.53. The number of hydrogen-bond acceptors (Lipinski definition) is 5. The summed E-state index contributed by atoms with van der Waals surface area (Å²) in [6.07, 6.45) is 4.22. The first-order valence-corrected chi connectivity index (χ1v) is 7.29. The van der Waals surface area contributed by atoms with Crippen molar-refractivity contribution in [1.29, 1.82) is 0 Å². The Morgan fingerprint density at radius 3 is 2.40 bits per heavy atom. The maximum atomic E-state index is 12.6. The Labute approximate surface area is 119 Å². The van der Waals surface area contributed by atoms with Crippen molar-refractivity contribution in [3.05, 3.63) is 0 Å². The fourth-order valence-electron chi connectivity index (χ4n) is 3.04. The van der Waals surface area contributed by atoms with E-state index in [4.69, 9.17) is 9.47 Å². The van der Waals surface area contributed by atoms with Gasteiger partial charge in [0.25, 0.3) is 0 Å². The molecule has 0 amide bonds. The van der Waals surface area contributed by atoms with Crippen molar-refractivity contribution in [1.82, 2.24) is 0 Å². The van der Waals surface area contributed by atoms with Gasteiger partial charge in [0.1, 0.15) is 11.9 Å². The van der Waals surface area contributed by atoms with E-state index in [1.165, 1.54) is 0 Å². The van der Waals surface area contributed by atoms with Crippen LogP contribution in [-0.4, -0.2) is 36.4 Å². The first kappa shape index (κ1) is 15.3. The minimum Gasteiger partial charge on any atom is -0.350 e. The second-order valence-corrected chi connectivity index (χ2v) is 6.11. The van der Waals surface area contributed by atoms with Crippen LogP contribution in [0.5, 0.6) is 0 Å². The Morgan fingerprint density at radius 2 is 1.80 bits per heavy atom. The van der Waals surface area contributed by atoms with Crippen LogP contribution < -0.4 is 0 Å². The van der Waals surface area contributed by atoms with Crippen LogP contribution in [-0.2, 0) is 23.9 Å². The first-order chi connectivity index (χ1) is 9.44. The zero-order chi connectivity index (χ0) is 14.8. The molecule has 2 unspecified atom stereocenters. The standard InChI is InChI=1S/C15H22O5/c1-15(2)19-9-11(14(20-15)12(17)8-16)13(18)10-6-4-3-5-7-10/h8,10-11,14H,3-7,9H2,1-2H3. The molecule has 1 aliphatic carbocycles. The molecule has 1 saturated carbocycles. The summed E-state index contributed by atoms with van der Waals surface area (Å²) in [6.45, 7) is 3.51. The second kappa shape index (κ2) is 6.14. The van der Waals surface area contributed by atoms with E-state index >= 15 is 0 Å². The molecule has 5 nitrogen and oxygen atoms in total. The van der Waals surface area contributed by atoms with Gasteiger partial charge in [-0.05, 0) is 26.7 Å². The van der Waals surface area contributed by atoms with Crippen molar-refractivity contribution >= 4 is 17.9 Å². The van der Waals surface area contributed by atoms with Crippen molar-refractivity contribution in [2.75, 3.05) is 6.61 Å². The van der Waals surface area contributed by atoms with Crippen LogP contribution in [0.3, 0.4) is 0 Å². The van der Waals surface area contributed by atoms with Gasteiger partial charge in [0.2, 0.25) is 5.78 Å². The highest BCUT2D eigenvalue weighted by Gasteiger charge is 2.45. The van der Waals surface area contributed by atoms with Gasteiger partial charge in [-0.15, -0.1) is 0 Å². The molecule has 0 N–H and O–H groups in total. The van der Waals surface area contributed by atoms with Gasteiger partial charge in [0, 0.05) is 5.92 Å². The highest BCUT2D eigenvalue weighted by Crippen LogP contribution is 2.33. The maximum absolute atomic E-state index is 12.6. The molecule has 1 aliphatic heterocycles. The average Bonchev–Trinajstić information content (AvgIpc) is 2.45. The molecule has 112 valence electrons. The summed E-state index contributed by atoms with van der Waals surface area (Å²) >= 11 is 0. The minimum absolute atomic E-state index is 0.0143. The van der Waals surface area contributed by atoms with Gasteiger partial charge in [0.05, 0.1) is 12.5 Å². The van der Waals surface area contributed by atoms with E-state index in [9.17, 15) is 14.4 Å². The van der Waals surface area contributed by atoms with E-state index in [1.54, 1.807) is 13.8 Å². The Kier molecular flexibility index (Phi) is 4.70. The summed E-state index contributed by atoms with van der Waals surface area (Å²) in [5.74, 6) is -2.27. The predicted octanol–water partition coefficient (Wildman–Crippen LogP) is 1.67. The number of ether oxygens (including phenoxy) is 2. The molecule has 5 heteroatoms. The number of carbonyl (C=O) groups is 3. The lowest BCUT2D eigenvalue weighted by atomic mass is 9.79. The van der Waals surface area contributed by atoms with Crippen LogP contribution in [0.2, 0.25) is 0 Å². The van der Waals surface area contributed by atoms with Crippen LogP contribution in [0, 0.1) is 11.8 Å². The van der Waals surface area contributed by atoms with Crippen molar-refractivity contribution in [3.8, 4) is 0 Å². The zero-order valence-corrected chi connectivity index (χ0v) is 12.1. The van der Waals surface area contributed by atoms with E-state index in [0.717, 1.165) is 32.1 Å². The number of ketones is 2. The smallest absolute Gasteiger partial charge is 0.224 e. The third-order valence-corrected chi connectivity index (χ3v) is 4.16. The number of aldehydes is 1. The Balaban J connectivity index is 2.12. The van der Waals surface area contributed by atoms with E-state index in [-0.39, 0.29) is 24.6 Å². The molecule has 0 bridgehead atoms. The molecule has 1 saturated heterocycles. The molecule has 1 heterocycles. The molecular weight excluding hydrogens is 260 g/mol. The van der Waals surface area contributed by atoms with E-state index in [1.807, 2.05) is 0 Å². The van der Waals surface area contributed by atoms with Gasteiger partial charge in [-0.3, -0.25) is 14.4 Å². The lowest BCUT2D eigenvalue weighted by Gasteiger charge is -2.40. The molecule has 2 aliphatic rings. The summed E-state index contributed by atoms with van der Waals surface area (Å²) in [5, 5.41) is 0. The fourth-order valence-corrected chi connectivity index (χ4v) is 3.04. The summed E-state index contributed by atoms with van der Waals surface area (Å²) in [6, 6.07) is 0. The number of rotatable bonds is 4. The van der Waals surface area contributed by atoms with E-state index in [2.05, 4.69) is 0 Å². The molecule has 2 rings (SSSR count). The predicted molar refractivity (Wildman–Crippen MR) is 71.0 cm³/mol. The van der Waals surface area contributed by atoms with Crippen LogP contribution in [0.25, 0.3) is 0 Å². The Bertz CT molecular complexity index is 395. The van der Waals surface area contributed by atoms with Gasteiger partial charge < -0.3 is 9.47 Å². The monoisotopic (exact) mass is 282 g/mol. The summed E-state index contributed by atoms with van der Waals surface area (Å²) in [4.78, 5) is 35.1. The van der Waals surface area contributed by atoms with Gasteiger partial charge in [-0.25, -0.2) is 0 Å². The van der Waals surface area contributed by atoms with Crippen LogP contribution in [0.1, 0.15) is 46.0 Å². The molecule has 0 aromatic heterocycles. The third-order valence-electron chi connectivity index (χ3n) is 4.16. The SMILES string of the molecule is CC1(C)OCC(C(=O)C2CCCCC2)C(C(=O)C=O)O1. The highest BCUT2D eigenvalue weighted by molar-refractivity contribution is 6.27. The Morgan fingerprint density at radius 1 is 1.15 bits per heavy atom. The Hall–Kier alpha value is -1.07. The average molecular weight is 282 g/mol. The van der Waals surface area contributed by atoms with Gasteiger partial charge in [0.15, 0.2) is 12.1 Å². The molecule has 0 aromatic rings. The molecule has 0 radical (unpaired) electrons. The number of Topliss-reactive ketones (excluding diaryl/α,β-unsaturated/α-hetero) is 2. The van der Waals surface area contributed by atoms with Crippen molar-refractivity contribution in [2.24, 2.45) is 11.8 Å². The van der Waals surface area contributed by atoms with Gasteiger partial charge in [-0.2, -0.15) is 0 Å². The fraction of sp³-hybridized carbons (Fsp3) is 0.800. The molecule has 2 atom stereocenters. The first-order valence-electron chi connectivity index (χ1n) is 7.29. The quantitative estimate of drug-likeness (QED) is 0.579. The number of carbonyl (C=O) groups excluding carboxylic acids is 3. The largest absolute Gasteiger partial charge is 0.350 e. The van der Waals surface area contributed by atoms with Gasteiger partial charge >= 0.3 is 0 Å². The van der Waals surface area contributed by atoms with Crippen LogP contribution >= 0.6 is 0 Å². The van der Waals surface area contributed by atoms with Crippen molar-refractivity contribution in [3.63, 3.8) is 0 Å². The molecular formula is C15H22O5. The van der Waals surface area contributed by atoms with Gasteiger partial charge in [-0.1, -0.05) is 19.3 Å². The molecule has 20 heavy (non-hydrogen) atoms. The number of hydrogen-bond donors (Lipinski definition) is 0. The maximum Gasteiger partial charge on any atom is 0.224 e. The minimum atomic E-state index is -0.995. The molecule has 0 spiro atoms. The van der Waals surface area contributed by atoms with Crippen molar-refractivity contribution in [2.45, 2.75) is 57.8 Å². The normalized spacial score (nSPS) is 30.7. The summed E-state index contributed by atoms with van der Waals surface area (Å²) in [7, 11) is 0. The van der Waals surface area contributed by atoms with E-state index in [0.29, 0.717) is 0 Å². The lowest BCUT2D eigenvalue weighted by molar-refractivity contribution is -0.281. The summed E-state index contributed by atoms with van der Waals surface area (Å²) in [5.41, 5.74) is 0. The van der Waals surface area contributed by atoms with Crippen LogP contribution in [0.4, 0.5) is 0 Å². The second-order valence-electron chi connectivity index (χ2n) is 6.11.